The van der Waals surface area contributed by atoms with Gasteiger partial charge in [0.05, 0.1) is 17.3 Å². The summed E-state index contributed by atoms with van der Waals surface area (Å²) >= 11 is 0. The van der Waals surface area contributed by atoms with Crippen LogP contribution in [0.15, 0.2) is 42.7 Å². The van der Waals surface area contributed by atoms with E-state index in [9.17, 15) is 8.42 Å². The summed E-state index contributed by atoms with van der Waals surface area (Å²) in [5.74, 6) is -2.25. The third-order valence-corrected chi connectivity index (χ3v) is 8.96. The Labute approximate surface area is 233 Å². The molecule has 212 valence electrons. The van der Waals surface area contributed by atoms with Gasteiger partial charge in [-0.1, -0.05) is 12.5 Å². The summed E-state index contributed by atoms with van der Waals surface area (Å²) in [4.78, 5) is 13.2. The number of rotatable bonds is 9. The number of piperidine rings is 1. The third kappa shape index (κ3) is 5.52. The van der Waals surface area contributed by atoms with Crippen molar-refractivity contribution < 1.29 is 21.9 Å². The van der Waals surface area contributed by atoms with E-state index in [-0.39, 0.29) is 34.6 Å². The third-order valence-electron chi connectivity index (χ3n) is 8.47. The van der Waals surface area contributed by atoms with E-state index in [0.29, 0.717) is 17.2 Å². The molecule has 3 heterocycles. The summed E-state index contributed by atoms with van der Waals surface area (Å²) in [7, 11) is -2.99. The number of hydrogen-bond acceptors (Lipinski definition) is 8. The summed E-state index contributed by atoms with van der Waals surface area (Å²) in [6.45, 7) is 1.81. The molecule has 3 N–H and O–H groups in total. The molecule has 12 heteroatoms. The number of thiol groups is 1. The minimum atomic E-state index is -2.99. The van der Waals surface area contributed by atoms with Gasteiger partial charge in [0.15, 0.2) is 11.6 Å². The lowest BCUT2D eigenvalue weighted by Crippen LogP contribution is -2.47. The fraction of sp³-hybridized carbons (Fsp3) is 0.464. The predicted molar refractivity (Wildman–Crippen MR) is 146 cm³/mol. The fourth-order valence-corrected chi connectivity index (χ4v) is 6.87. The second-order valence-electron chi connectivity index (χ2n) is 11.1. The molecule has 0 unspecified atom stereocenters. The molecule has 2 saturated carbocycles. The zero-order chi connectivity index (χ0) is 27.7. The minimum Gasteiger partial charge on any atom is -0.435 e. The Morgan fingerprint density at radius 2 is 1.90 bits per heavy atom. The molecular weight excluding hydrogens is 538 g/mol. The molecule has 40 heavy (non-hydrogen) atoms. The van der Waals surface area contributed by atoms with Gasteiger partial charge in [0, 0.05) is 30.5 Å². The van der Waals surface area contributed by atoms with E-state index in [1.807, 2.05) is 0 Å². The first kappa shape index (κ1) is 27.0. The van der Waals surface area contributed by atoms with Crippen LogP contribution in [0.4, 0.5) is 14.7 Å². The molecule has 3 aromatic rings. The summed E-state index contributed by atoms with van der Waals surface area (Å²) in [5.41, 5.74) is 1.23. The molecule has 3 aliphatic rings. The molecule has 6 rings (SSSR count). The van der Waals surface area contributed by atoms with Gasteiger partial charge in [-0.2, -0.15) is 4.39 Å². The topological polar surface area (TPSA) is 118 Å². The van der Waals surface area contributed by atoms with Crippen molar-refractivity contribution in [2.24, 2.45) is 11.3 Å². The highest BCUT2D eigenvalue weighted by atomic mass is 32.2. The summed E-state index contributed by atoms with van der Waals surface area (Å²) < 4.78 is 62.1. The molecule has 1 aliphatic heterocycles. The number of halogens is 2. The van der Waals surface area contributed by atoms with E-state index in [2.05, 4.69) is 30.3 Å². The summed E-state index contributed by atoms with van der Waals surface area (Å²) in [6, 6.07) is 7.23. The van der Waals surface area contributed by atoms with Crippen molar-refractivity contribution in [1.29, 1.82) is 0 Å². The van der Waals surface area contributed by atoms with Crippen molar-refractivity contribution in [2.75, 3.05) is 18.4 Å². The maximum absolute atomic E-state index is 15.4. The molecule has 2 atom stereocenters. The molecule has 1 aromatic carbocycles. The van der Waals surface area contributed by atoms with Crippen LogP contribution in [0.3, 0.4) is 0 Å². The summed E-state index contributed by atoms with van der Waals surface area (Å²) in [5, 5.41) is 6.67. The van der Waals surface area contributed by atoms with Crippen LogP contribution in [-0.4, -0.2) is 42.5 Å². The number of benzene rings is 1. The van der Waals surface area contributed by atoms with Crippen LogP contribution in [0.5, 0.6) is 11.6 Å². The van der Waals surface area contributed by atoms with Crippen LogP contribution in [0.2, 0.25) is 0 Å². The lowest BCUT2D eigenvalue weighted by atomic mass is 9.50. The van der Waals surface area contributed by atoms with Crippen LogP contribution < -0.4 is 20.1 Å². The van der Waals surface area contributed by atoms with Gasteiger partial charge < -0.3 is 15.4 Å². The zero-order valence-corrected chi connectivity index (χ0v) is 22.8. The standard InChI is InChI=1S/C28H32F2N6O3S/c29-23-20(25(36-40(37)38)17-14-28(15-17)9-3-10-28)6-7-22(24(23)30)39-26-19(5-2-12-32-26)21-8-13-33-27(35-21)34-18-4-1-11-31-16-18/h2,5-8,12-13,17-18,25,31,40H,1,3-4,9-11,14-16H2,(H,33,34,35)(H,36,37,38)/t18-,25-/m0/s1. The van der Waals surface area contributed by atoms with Crippen LogP contribution >= 0.6 is 0 Å². The highest BCUT2D eigenvalue weighted by Crippen LogP contribution is 2.61. The Morgan fingerprint density at radius 1 is 1.05 bits per heavy atom. The number of pyridine rings is 1. The molecule has 0 radical (unpaired) electrons. The van der Waals surface area contributed by atoms with Crippen LogP contribution in [0, 0.1) is 23.0 Å². The van der Waals surface area contributed by atoms with E-state index in [1.165, 1.54) is 18.3 Å². The highest BCUT2D eigenvalue weighted by molar-refractivity contribution is 7.70. The van der Waals surface area contributed by atoms with Gasteiger partial charge in [-0.05, 0) is 80.7 Å². The molecule has 0 bridgehead atoms. The number of anilines is 1. The quantitative estimate of drug-likeness (QED) is 0.278. The van der Waals surface area contributed by atoms with Crippen molar-refractivity contribution >= 4 is 16.8 Å². The molecule has 1 saturated heterocycles. The number of aromatic nitrogens is 3. The molecule has 0 amide bonds. The molecular formula is C28H32F2N6O3S. The number of hydrogen-bond donors (Lipinski definition) is 4. The van der Waals surface area contributed by atoms with Crippen molar-refractivity contribution in [3.8, 4) is 22.9 Å². The minimum absolute atomic E-state index is 0.0202. The molecule has 2 aliphatic carbocycles. The Bertz CT molecular complexity index is 1450. The molecule has 9 nitrogen and oxygen atoms in total. The van der Waals surface area contributed by atoms with E-state index >= 15 is 8.78 Å². The van der Waals surface area contributed by atoms with E-state index < -0.39 is 28.6 Å². The second-order valence-corrected chi connectivity index (χ2v) is 11.9. The Kier molecular flexibility index (Phi) is 7.65. The van der Waals surface area contributed by atoms with Crippen molar-refractivity contribution in [1.82, 2.24) is 25.0 Å². The first-order valence-electron chi connectivity index (χ1n) is 13.7. The van der Waals surface area contributed by atoms with Gasteiger partial charge >= 0.3 is 0 Å². The van der Waals surface area contributed by atoms with Gasteiger partial charge in [0.25, 0.3) is 0 Å². The largest absolute Gasteiger partial charge is 0.435 e. The van der Waals surface area contributed by atoms with Crippen molar-refractivity contribution in [3.63, 3.8) is 0 Å². The van der Waals surface area contributed by atoms with Crippen LogP contribution in [0.1, 0.15) is 56.6 Å². The van der Waals surface area contributed by atoms with E-state index in [4.69, 9.17) is 4.74 Å². The SMILES string of the molecule is O=[SH](=O)N[C@H](c1ccc(Oc2ncccc2-c2ccnc(N[C@H]3CCCNC3)n2)c(F)c1F)C1CC2(CCC2)C1. The average molecular weight is 571 g/mol. The van der Waals surface area contributed by atoms with Crippen LogP contribution in [0.25, 0.3) is 11.3 Å². The van der Waals surface area contributed by atoms with E-state index in [1.54, 1.807) is 24.4 Å². The lowest BCUT2D eigenvalue weighted by Gasteiger charge is -2.56. The first-order valence-corrected chi connectivity index (χ1v) is 14.9. The van der Waals surface area contributed by atoms with Crippen molar-refractivity contribution in [2.45, 2.75) is 57.0 Å². The Hall–Kier alpha value is -3.22. The van der Waals surface area contributed by atoms with E-state index in [0.717, 1.165) is 58.0 Å². The summed E-state index contributed by atoms with van der Waals surface area (Å²) in [6.07, 6.45) is 10.2. The van der Waals surface area contributed by atoms with Gasteiger partial charge in [-0.15, -0.1) is 0 Å². The molecule has 2 aromatic heterocycles. The molecule has 3 fully saturated rings. The zero-order valence-electron chi connectivity index (χ0n) is 21.9. The smallest absolute Gasteiger partial charge is 0.228 e. The number of nitrogens with zero attached hydrogens (tertiary/aromatic N) is 3. The maximum atomic E-state index is 15.4. The normalized spacial score (nSPS) is 21.0. The van der Waals surface area contributed by atoms with Crippen molar-refractivity contribution in [3.05, 3.63) is 59.9 Å². The van der Waals surface area contributed by atoms with Gasteiger partial charge in [0.2, 0.25) is 28.5 Å². The lowest BCUT2D eigenvalue weighted by molar-refractivity contribution is -0.0380. The number of nitrogens with one attached hydrogen (secondary N) is 3. The predicted octanol–water partition coefficient (Wildman–Crippen LogP) is 4.51. The molecule has 1 spiro atoms. The first-order chi connectivity index (χ1) is 19.4. The van der Waals surface area contributed by atoms with Gasteiger partial charge in [-0.3, -0.25) is 0 Å². The monoisotopic (exact) mass is 570 g/mol. The number of ether oxygens (including phenoxy) is 1. The van der Waals surface area contributed by atoms with Crippen LogP contribution in [-0.2, 0) is 10.9 Å². The van der Waals surface area contributed by atoms with Gasteiger partial charge in [-0.25, -0.2) is 32.5 Å². The second kappa shape index (κ2) is 11.3. The fourth-order valence-electron chi connectivity index (χ4n) is 6.29. The Morgan fingerprint density at radius 3 is 2.62 bits per heavy atom. The Balaban J connectivity index is 1.24. The highest BCUT2D eigenvalue weighted by Gasteiger charge is 2.51. The maximum Gasteiger partial charge on any atom is 0.228 e. The van der Waals surface area contributed by atoms with Gasteiger partial charge in [0.1, 0.15) is 0 Å². The average Bonchev–Trinajstić information content (AvgIpc) is 2.90.